The Morgan fingerprint density at radius 2 is 2.00 bits per heavy atom. The van der Waals surface area contributed by atoms with Gasteiger partial charge in [0.2, 0.25) is 0 Å². The number of carbonyl (C=O) groups is 1. The second-order valence-electron chi connectivity index (χ2n) is 7.03. The van der Waals surface area contributed by atoms with Gasteiger partial charge in [0.25, 0.3) is 5.91 Å². The quantitative estimate of drug-likeness (QED) is 0.910. The Balaban J connectivity index is 1.47. The van der Waals surface area contributed by atoms with Crippen LogP contribution in [0.3, 0.4) is 0 Å². The number of likely N-dealkylation sites (tertiary alicyclic amines) is 1. The maximum absolute atomic E-state index is 12.9. The molecule has 1 aliphatic carbocycles. The SMILES string of the molecule is O=C(c1ccnc(C2CC2)n1)N1CCCC1CC(O)c1ccccc1. The van der Waals surface area contributed by atoms with Crippen molar-refractivity contribution >= 4 is 5.91 Å². The van der Waals surface area contributed by atoms with Crippen LogP contribution in [0.1, 0.15) is 66.0 Å². The third-order valence-corrected chi connectivity index (χ3v) is 5.15. The average molecular weight is 337 g/mol. The number of nitrogens with zero attached hydrogens (tertiary/aromatic N) is 3. The van der Waals surface area contributed by atoms with Gasteiger partial charge in [0.15, 0.2) is 0 Å². The van der Waals surface area contributed by atoms with E-state index in [9.17, 15) is 9.90 Å². The third-order valence-electron chi connectivity index (χ3n) is 5.15. The first kappa shape index (κ1) is 16.2. The van der Waals surface area contributed by atoms with E-state index < -0.39 is 6.10 Å². The number of hydrogen-bond donors (Lipinski definition) is 1. The van der Waals surface area contributed by atoms with Crippen molar-refractivity contribution in [2.75, 3.05) is 6.54 Å². The summed E-state index contributed by atoms with van der Waals surface area (Å²) in [7, 11) is 0. The van der Waals surface area contributed by atoms with Crippen LogP contribution < -0.4 is 0 Å². The Bertz CT molecular complexity index is 746. The largest absolute Gasteiger partial charge is 0.388 e. The molecule has 0 spiro atoms. The molecule has 0 bridgehead atoms. The summed E-state index contributed by atoms with van der Waals surface area (Å²) in [6.07, 6.45) is 5.84. The number of aliphatic hydroxyl groups excluding tert-OH is 1. The fraction of sp³-hybridized carbons (Fsp3) is 0.450. The fourth-order valence-corrected chi connectivity index (χ4v) is 3.60. The van der Waals surface area contributed by atoms with Crippen LogP contribution in [-0.2, 0) is 0 Å². The van der Waals surface area contributed by atoms with Crippen LogP contribution in [-0.4, -0.2) is 38.5 Å². The highest BCUT2D eigenvalue weighted by molar-refractivity contribution is 5.92. The standard InChI is InChI=1S/C20H23N3O2/c24-18(14-5-2-1-3-6-14)13-16-7-4-12-23(16)20(25)17-10-11-21-19(22-17)15-8-9-15/h1-3,5-6,10-11,15-16,18,24H,4,7-9,12-13H2. The summed E-state index contributed by atoms with van der Waals surface area (Å²) in [6.45, 7) is 0.730. The molecular weight excluding hydrogens is 314 g/mol. The van der Waals surface area contributed by atoms with Gasteiger partial charge in [0, 0.05) is 24.7 Å². The molecule has 25 heavy (non-hydrogen) atoms. The molecular formula is C20H23N3O2. The van der Waals surface area contributed by atoms with Crippen LogP contribution in [0.2, 0.25) is 0 Å². The van der Waals surface area contributed by atoms with Gasteiger partial charge in [-0.2, -0.15) is 0 Å². The summed E-state index contributed by atoms with van der Waals surface area (Å²) >= 11 is 0. The summed E-state index contributed by atoms with van der Waals surface area (Å²) in [6, 6.07) is 11.4. The minimum Gasteiger partial charge on any atom is -0.388 e. The molecule has 1 saturated heterocycles. The third kappa shape index (κ3) is 3.56. The van der Waals surface area contributed by atoms with Crippen LogP contribution in [0.4, 0.5) is 0 Å². The summed E-state index contributed by atoms with van der Waals surface area (Å²) in [5.41, 5.74) is 1.39. The van der Waals surface area contributed by atoms with Gasteiger partial charge < -0.3 is 10.0 Å². The van der Waals surface area contributed by atoms with Gasteiger partial charge in [-0.15, -0.1) is 0 Å². The van der Waals surface area contributed by atoms with Crippen molar-refractivity contribution < 1.29 is 9.90 Å². The highest BCUT2D eigenvalue weighted by atomic mass is 16.3. The number of aromatic nitrogens is 2. The van der Waals surface area contributed by atoms with Gasteiger partial charge in [-0.3, -0.25) is 4.79 Å². The lowest BCUT2D eigenvalue weighted by Crippen LogP contribution is -2.37. The lowest BCUT2D eigenvalue weighted by Gasteiger charge is -2.26. The number of rotatable bonds is 5. The molecule has 5 heteroatoms. The maximum Gasteiger partial charge on any atom is 0.272 e. The molecule has 130 valence electrons. The molecule has 1 saturated carbocycles. The second-order valence-corrected chi connectivity index (χ2v) is 7.03. The predicted molar refractivity (Wildman–Crippen MR) is 94.1 cm³/mol. The Labute approximate surface area is 147 Å². The molecule has 1 amide bonds. The van der Waals surface area contributed by atoms with Crippen LogP contribution in [0, 0.1) is 0 Å². The molecule has 4 rings (SSSR count). The first-order valence-corrected chi connectivity index (χ1v) is 9.09. The molecule has 2 unspecified atom stereocenters. The fourth-order valence-electron chi connectivity index (χ4n) is 3.60. The Morgan fingerprint density at radius 1 is 1.20 bits per heavy atom. The average Bonchev–Trinajstić information content (AvgIpc) is 3.42. The normalized spacial score (nSPS) is 21.3. The van der Waals surface area contributed by atoms with E-state index in [0.717, 1.165) is 43.6 Å². The van der Waals surface area contributed by atoms with Gasteiger partial charge in [0.1, 0.15) is 11.5 Å². The Kier molecular flexibility index (Phi) is 4.49. The minimum atomic E-state index is -0.549. The van der Waals surface area contributed by atoms with Gasteiger partial charge in [0.05, 0.1) is 6.10 Å². The van der Waals surface area contributed by atoms with E-state index in [4.69, 9.17) is 0 Å². The molecule has 1 N–H and O–H groups in total. The van der Waals surface area contributed by atoms with Gasteiger partial charge >= 0.3 is 0 Å². The summed E-state index contributed by atoms with van der Waals surface area (Å²) in [5, 5.41) is 10.5. The zero-order valence-corrected chi connectivity index (χ0v) is 14.2. The van der Waals surface area contributed by atoms with E-state index in [1.807, 2.05) is 35.2 Å². The van der Waals surface area contributed by atoms with Crippen molar-refractivity contribution in [2.45, 2.75) is 50.2 Å². The van der Waals surface area contributed by atoms with E-state index in [1.54, 1.807) is 12.3 Å². The predicted octanol–water partition coefficient (Wildman–Crippen LogP) is 3.08. The van der Waals surface area contributed by atoms with Crippen molar-refractivity contribution in [3.05, 3.63) is 59.7 Å². The Hall–Kier alpha value is -2.27. The molecule has 2 aliphatic rings. The molecule has 1 aliphatic heterocycles. The smallest absolute Gasteiger partial charge is 0.272 e. The second kappa shape index (κ2) is 6.92. The maximum atomic E-state index is 12.9. The van der Waals surface area contributed by atoms with Crippen LogP contribution >= 0.6 is 0 Å². The number of benzene rings is 1. The highest BCUT2D eigenvalue weighted by Crippen LogP contribution is 2.38. The zero-order chi connectivity index (χ0) is 17.2. The molecule has 5 nitrogen and oxygen atoms in total. The van der Waals surface area contributed by atoms with Crippen molar-refractivity contribution in [2.24, 2.45) is 0 Å². The molecule has 2 aromatic rings. The minimum absolute atomic E-state index is 0.0351. The number of aliphatic hydroxyl groups is 1. The van der Waals surface area contributed by atoms with E-state index >= 15 is 0 Å². The van der Waals surface area contributed by atoms with Crippen LogP contribution in [0.15, 0.2) is 42.6 Å². The number of amides is 1. The molecule has 1 aromatic heterocycles. The lowest BCUT2D eigenvalue weighted by atomic mass is 10.0. The van der Waals surface area contributed by atoms with Gasteiger partial charge in [-0.05, 0) is 43.7 Å². The topological polar surface area (TPSA) is 66.3 Å². The van der Waals surface area contributed by atoms with Gasteiger partial charge in [-0.25, -0.2) is 9.97 Å². The number of hydrogen-bond acceptors (Lipinski definition) is 4. The molecule has 2 heterocycles. The number of carbonyl (C=O) groups excluding carboxylic acids is 1. The molecule has 1 aromatic carbocycles. The van der Waals surface area contributed by atoms with E-state index in [-0.39, 0.29) is 11.9 Å². The highest BCUT2D eigenvalue weighted by Gasteiger charge is 2.33. The van der Waals surface area contributed by atoms with E-state index in [2.05, 4.69) is 9.97 Å². The summed E-state index contributed by atoms with van der Waals surface area (Å²) in [5.74, 6) is 1.19. The molecule has 2 atom stereocenters. The first-order valence-electron chi connectivity index (χ1n) is 9.09. The van der Waals surface area contributed by atoms with Crippen LogP contribution in [0.5, 0.6) is 0 Å². The van der Waals surface area contributed by atoms with Crippen LogP contribution in [0.25, 0.3) is 0 Å². The van der Waals surface area contributed by atoms with E-state index in [1.165, 1.54) is 0 Å². The van der Waals surface area contributed by atoms with Gasteiger partial charge in [-0.1, -0.05) is 30.3 Å². The monoisotopic (exact) mass is 337 g/mol. The van der Waals surface area contributed by atoms with Crippen molar-refractivity contribution in [3.8, 4) is 0 Å². The van der Waals surface area contributed by atoms with Crippen molar-refractivity contribution in [1.29, 1.82) is 0 Å². The van der Waals surface area contributed by atoms with Crippen molar-refractivity contribution in [1.82, 2.24) is 14.9 Å². The van der Waals surface area contributed by atoms with E-state index in [0.29, 0.717) is 18.0 Å². The summed E-state index contributed by atoms with van der Waals surface area (Å²) in [4.78, 5) is 23.6. The summed E-state index contributed by atoms with van der Waals surface area (Å²) < 4.78 is 0. The molecule has 0 radical (unpaired) electrons. The zero-order valence-electron chi connectivity index (χ0n) is 14.2. The first-order chi connectivity index (χ1) is 12.2. The lowest BCUT2D eigenvalue weighted by molar-refractivity contribution is 0.0661. The molecule has 2 fully saturated rings. The van der Waals surface area contributed by atoms with Crippen molar-refractivity contribution in [3.63, 3.8) is 0 Å². The Morgan fingerprint density at radius 3 is 2.76 bits per heavy atom.